The minimum absolute atomic E-state index is 0.0763. The first-order valence-corrected chi connectivity index (χ1v) is 7.83. The Hall–Kier alpha value is -0.190. The average molecular weight is 315 g/mol. The quantitative estimate of drug-likeness (QED) is 0.907. The lowest BCUT2D eigenvalue weighted by Crippen LogP contribution is -2.37. The summed E-state index contributed by atoms with van der Waals surface area (Å²) in [6.45, 7) is 6.58. The Morgan fingerprint density at radius 3 is 2.94 bits per heavy atom. The minimum Gasteiger partial charge on any atom is -0.369 e. The van der Waals surface area contributed by atoms with E-state index in [1.54, 1.807) is 0 Å². The molecule has 0 aliphatic carbocycles. The van der Waals surface area contributed by atoms with Gasteiger partial charge in [-0.05, 0) is 30.7 Å². The van der Waals surface area contributed by atoms with Gasteiger partial charge in [0, 0.05) is 40.3 Å². The van der Waals surface area contributed by atoms with E-state index in [1.165, 1.54) is 17.0 Å². The molecule has 0 amide bonds. The van der Waals surface area contributed by atoms with Gasteiger partial charge in [0.25, 0.3) is 0 Å². The maximum absolute atomic E-state index is 6.07. The molecule has 1 saturated heterocycles. The first-order valence-electron chi connectivity index (χ1n) is 5.99. The number of nitrogens with two attached hydrogens (primary N) is 1. The molecule has 2 nitrogen and oxygen atoms in total. The second kappa shape index (κ2) is 5.63. The van der Waals surface area contributed by atoms with Crippen molar-refractivity contribution < 1.29 is 0 Å². The topological polar surface area (TPSA) is 29.3 Å². The van der Waals surface area contributed by atoms with Crippen molar-refractivity contribution in [2.45, 2.75) is 25.1 Å². The number of thioether (sulfide) groups is 1. The molecule has 1 aromatic rings. The Labute approximate surface area is 116 Å². The standard InChI is InChI=1S/C13H19BrN2S/c1-9-8-16(5-6-17-9)13-4-3-11(14)7-12(13)10(2)15/h3-4,7,9-10H,5-6,8,15H2,1-2H3. The van der Waals surface area contributed by atoms with Gasteiger partial charge in [-0.2, -0.15) is 11.8 Å². The number of benzene rings is 1. The molecular weight excluding hydrogens is 296 g/mol. The number of hydrogen-bond acceptors (Lipinski definition) is 3. The Morgan fingerprint density at radius 2 is 2.29 bits per heavy atom. The van der Waals surface area contributed by atoms with Crippen LogP contribution in [-0.2, 0) is 0 Å². The molecular formula is C13H19BrN2S. The van der Waals surface area contributed by atoms with Crippen molar-refractivity contribution in [3.05, 3.63) is 28.2 Å². The highest BCUT2D eigenvalue weighted by Crippen LogP contribution is 2.31. The maximum atomic E-state index is 6.07. The zero-order valence-corrected chi connectivity index (χ0v) is 12.7. The van der Waals surface area contributed by atoms with Crippen molar-refractivity contribution in [2.75, 3.05) is 23.7 Å². The molecule has 0 radical (unpaired) electrons. The summed E-state index contributed by atoms with van der Waals surface area (Å²) in [5.41, 5.74) is 8.61. The fourth-order valence-corrected chi connectivity index (χ4v) is 3.61. The molecule has 2 atom stereocenters. The van der Waals surface area contributed by atoms with Crippen LogP contribution in [0.1, 0.15) is 25.5 Å². The lowest BCUT2D eigenvalue weighted by molar-refractivity contribution is 0.755. The monoisotopic (exact) mass is 314 g/mol. The first kappa shape index (κ1) is 13.2. The molecule has 0 saturated carbocycles. The van der Waals surface area contributed by atoms with Gasteiger partial charge in [0.15, 0.2) is 0 Å². The number of anilines is 1. The van der Waals surface area contributed by atoms with Gasteiger partial charge < -0.3 is 10.6 Å². The van der Waals surface area contributed by atoms with E-state index in [0.717, 1.165) is 17.6 Å². The summed E-state index contributed by atoms with van der Waals surface area (Å²) in [4.78, 5) is 2.46. The normalized spacial score (nSPS) is 22.6. The van der Waals surface area contributed by atoms with E-state index in [2.05, 4.69) is 57.7 Å². The van der Waals surface area contributed by atoms with E-state index < -0.39 is 0 Å². The van der Waals surface area contributed by atoms with Crippen LogP contribution in [0.4, 0.5) is 5.69 Å². The van der Waals surface area contributed by atoms with Crippen molar-refractivity contribution in [3.8, 4) is 0 Å². The molecule has 0 bridgehead atoms. The van der Waals surface area contributed by atoms with Crippen molar-refractivity contribution in [3.63, 3.8) is 0 Å². The van der Waals surface area contributed by atoms with E-state index in [9.17, 15) is 0 Å². The SMILES string of the molecule is CC1CN(c2ccc(Br)cc2C(C)N)CCS1. The predicted octanol–water partition coefficient (Wildman–Crippen LogP) is 3.41. The van der Waals surface area contributed by atoms with Crippen molar-refractivity contribution in [1.82, 2.24) is 0 Å². The summed E-state index contributed by atoms with van der Waals surface area (Å²) in [7, 11) is 0. The molecule has 1 fully saturated rings. The molecule has 2 unspecified atom stereocenters. The lowest BCUT2D eigenvalue weighted by atomic mass is 10.1. The summed E-state index contributed by atoms with van der Waals surface area (Å²) < 4.78 is 1.10. The molecule has 1 aromatic carbocycles. The Balaban J connectivity index is 2.30. The lowest BCUT2D eigenvalue weighted by Gasteiger charge is -2.34. The summed E-state index contributed by atoms with van der Waals surface area (Å²) in [5, 5.41) is 0.702. The molecule has 0 spiro atoms. The van der Waals surface area contributed by atoms with Gasteiger partial charge in [-0.3, -0.25) is 0 Å². The average Bonchev–Trinajstić information content (AvgIpc) is 2.28. The summed E-state index contributed by atoms with van der Waals surface area (Å²) in [6.07, 6.45) is 0. The summed E-state index contributed by atoms with van der Waals surface area (Å²) >= 11 is 5.57. The highest BCUT2D eigenvalue weighted by Gasteiger charge is 2.20. The van der Waals surface area contributed by atoms with E-state index in [4.69, 9.17) is 5.73 Å². The molecule has 4 heteroatoms. The molecule has 1 aliphatic heterocycles. The molecule has 17 heavy (non-hydrogen) atoms. The third-order valence-corrected chi connectivity index (χ3v) is 4.69. The minimum atomic E-state index is 0.0763. The van der Waals surface area contributed by atoms with Crippen molar-refractivity contribution in [1.29, 1.82) is 0 Å². The van der Waals surface area contributed by atoms with Crippen molar-refractivity contribution >= 4 is 33.4 Å². The summed E-state index contributed by atoms with van der Waals surface area (Å²) in [5.74, 6) is 1.20. The molecule has 2 N–H and O–H groups in total. The molecule has 2 rings (SSSR count). The second-order valence-corrected chi connectivity index (χ2v) is 7.08. The van der Waals surface area contributed by atoms with E-state index in [-0.39, 0.29) is 6.04 Å². The van der Waals surface area contributed by atoms with Crippen molar-refractivity contribution in [2.24, 2.45) is 5.73 Å². The second-order valence-electron chi connectivity index (χ2n) is 4.62. The number of halogens is 1. The van der Waals surface area contributed by atoms with Gasteiger partial charge in [-0.15, -0.1) is 0 Å². The van der Waals surface area contributed by atoms with Gasteiger partial charge in [0.05, 0.1) is 0 Å². The third kappa shape index (κ3) is 3.18. The van der Waals surface area contributed by atoms with Gasteiger partial charge in [-0.25, -0.2) is 0 Å². The summed E-state index contributed by atoms with van der Waals surface area (Å²) in [6, 6.07) is 6.51. The van der Waals surface area contributed by atoms with Crippen LogP contribution in [-0.4, -0.2) is 24.1 Å². The fourth-order valence-electron chi connectivity index (χ4n) is 2.22. The molecule has 0 aromatic heterocycles. The smallest absolute Gasteiger partial charge is 0.0415 e. The number of hydrogen-bond donors (Lipinski definition) is 1. The van der Waals surface area contributed by atoms with Gasteiger partial charge in [-0.1, -0.05) is 22.9 Å². The van der Waals surface area contributed by atoms with E-state index >= 15 is 0 Å². The Kier molecular flexibility index (Phi) is 4.39. The van der Waals surface area contributed by atoms with E-state index in [1.807, 2.05) is 6.92 Å². The maximum Gasteiger partial charge on any atom is 0.0415 e. The fraction of sp³-hybridized carbons (Fsp3) is 0.538. The number of rotatable bonds is 2. The van der Waals surface area contributed by atoms with Crippen LogP contribution in [0.15, 0.2) is 22.7 Å². The number of nitrogens with zero attached hydrogens (tertiary/aromatic N) is 1. The molecule has 1 aliphatic rings. The zero-order valence-electron chi connectivity index (χ0n) is 10.3. The first-order chi connectivity index (χ1) is 8.08. The van der Waals surface area contributed by atoms with Gasteiger partial charge in [0.1, 0.15) is 0 Å². The van der Waals surface area contributed by atoms with Gasteiger partial charge >= 0.3 is 0 Å². The van der Waals surface area contributed by atoms with Crippen LogP contribution < -0.4 is 10.6 Å². The third-order valence-electron chi connectivity index (χ3n) is 3.06. The predicted molar refractivity (Wildman–Crippen MR) is 80.9 cm³/mol. The van der Waals surface area contributed by atoms with Crippen LogP contribution in [0.25, 0.3) is 0 Å². The van der Waals surface area contributed by atoms with Crippen LogP contribution in [0.2, 0.25) is 0 Å². The highest BCUT2D eigenvalue weighted by molar-refractivity contribution is 9.10. The van der Waals surface area contributed by atoms with Gasteiger partial charge in [0.2, 0.25) is 0 Å². The highest BCUT2D eigenvalue weighted by atomic mass is 79.9. The molecule has 94 valence electrons. The van der Waals surface area contributed by atoms with Crippen LogP contribution in [0.3, 0.4) is 0 Å². The van der Waals surface area contributed by atoms with E-state index in [0.29, 0.717) is 5.25 Å². The molecule has 1 heterocycles. The Bertz CT molecular complexity index is 395. The largest absolute Gasteiger partial charge is 0.369 e. The van der Waals surface area contributed by atoms with Crippen LogP contribution in [0.5, 0.6) is 0 Å². The Morgan fingerprint density at radius 1 is 1.53 bits per heavy atom. The zero-order chi connectivity index (χ0) is 12.4. The van der Waals surface area contributed by atoms with Crippen LogP contribution in [0, 0.1) is 0 Å². The van der Waals surface area contributed by atoms with Crippen LogP contribution >= 0.6 is 27.7 Å².